The SMILES string of the molecule is C=C(C)C(F)(F)c1ccc(F)c(Cl)c1. The van der Waals surface area contributed by atoms with Crippen molar-refractivity contribution in [2.24, 2.45) is 0 Å². The zero-order valence-corrected chi connectivity index (χ0v) is 8.21. The van der Waals surface area contributed by atoms with Gasteiger partial charge in [-0.3, -0.25) is 0 Å². The van der Waals surface area contributed by atoms with E-state index in [0.29, 0.717) is 0 Å². The number of hydrogen-bond donors (Lipinski definition) is 0. The number of alkyl halides is 2. The van der Waals surface area contributed by atoms with Crippen molar-refractivity contribution in [1.29, 1.82) is 0 Å². The van der Waals surface area contributed by atoms with Crippen LogP contribution in [0.3, 0.4) is 0 Å². The molecule has 0 aromatic heterocycles. The number of halogens is 4. The lowest BCUT2D eigenvalue weighted by Gasteiger charge is -2.16. The van der Waals surface area contributed by atoms with Gasteiger partial charge in [-0.25, -0.2) is 4.39 Å². The van der Waals surface area contributed by atoms with Crippen LogP contribution < -0.4 is 0 Å². The fourth-order valence-corrected chi connectivity index (χ4v) is 1.12. The molecule has 76 valence electrons. The van der Waals surface area contributed by atoms with E-state index in [1.807, 2.05) is 0 Å². The summed E-state index contributed by atoms with van der Waals surface area (Å²) in [6, 6.07) is 2.82. The van der Waals surface area contributed by atoms with Crippen molar-refractivity contribution >= 4 is 11.6 Å². The van der Waals surface area contributed by atoms with Crippen LogP contribution in [0.5, 0.6) is 0 Å². The summed E-state index contributed by atoms with van der Waals surface area (Å²) in [6.07, 6.45) is 0. The van der Waals surface area contributed by atoms with Crippen LogP contribution in [-0.2, 0) is 5.92 Å². The highest BCUT2D eigenvalue weighted by atomic mass is 35.5. The minimum atomic E-state index is -3.17. The first-order valence-electron chi connectivity index (χ1n) is 3.85. The van der Waals surface area contributed by atoms with Gasteiger partial charge in [0.1, 0.15) is 5.82 Å². The molecular formula is C10H8ClF3. The fraction of sp³-hybridized carbons (Fsp3) is 0.200. The van der Waals surface area contributed by atoms with E-state index in [1.54, 1.807) is 0 Å². The summed E-state index contributed by atoms with van der Waals surface area (Å²) in [6.45, 7) is 4.37. The predicted molar refractivity (Wildman–Crippen MR) is 50.1 cm³/mol. The molecule has 4 heteroatoms. The Morgan fingerprint density at radius 3 is 2.43 bits per heavy atom. The Labute approximate surface area is 85.0 Å². The first kappa shape index (κ1) is 11.1. The number of allylic oxidation sites excluding steroid dienone is 1. The van der Waals surface area contributed by atoms with Gasteiger partial charge in [0, 0.05) is 5.56 Å². The second-order valence-electron chi connectivity index (χ2n) is 2.98. The summed E-state index contributed by atoms with van der Waals surface area (Å²) in [5.41, 5.74) is -0.656. The smallest absolute Gasteiger partial charge is 0.205 e. The van der Waals surface area contributed by atoms with Gasteiger partial charge >= 0.3 is 0 Å². The van der Waals surface area contributed by atoms with Crippen molar-refractivity contribution in [2.45, 2.75) is 12.8 Å². The van der Waals surface area contributed by atoms with E-state index in [9.17, 15) is 13.2 Å². The average molecular weight is 221 g/mol. The Kier molecular flexibility index (Phi) is 2.90. The first-order valence-corrected chi connectivity index (χ1v) is 4.23. The lowest BCUT2D eigenvalue weighted by molar-refractivity contribution is 0.0385. The molecule has 0 nitrogen and oxygen atoms in total. The van der Waals surface area contributed by atoms with Crippen molar-refractivity contribution in [3.63, 3.8) is 0 Å². The minimum Gasteiger partial charge on any atom is -0.205 e. The Bertz CT molecular complexity index is 372. The van der Waals surface area contributed by atoms with Crippen LogP contribution in [-0.4, -0.2) is 0 Å². The van der Waals surface area contributed by atoms with E-state index in [0.717, 1.165) is 18.2 Å². The fourth-order valence-electron chi connectivity index (χ4n) is 0.938. The molecule has 0 N–H and O–H groups in total. The molecule has 0 aliphatic rings. The van der Waals surface area contributed by atoms with Crippen LogP contribution in [0, 0.1) is 5.82 Å². The summed E-state index contributed by atoms with van der Waals surface area (Å²) in [5, 5.41) is -0.316. The van der Waals surface area contributed by atoms with Crippen molar-refractivity contribution in [1.82, 2.24) is 0 Å². The van der Waals surface area contributed by atoms with Crippen LogP contribution in [0.15, 0.2) is 30.4 Å². The minimum absolute atomic E-state index is 0.305. The molecule has 0 saturated carbocycles. The molecule has 1 rings (SSSR count). The lowest BCUT2D eigenvalue weighted by Crippen LogP contribution is -2.14. The molecule has 0 aliphatic heterocycles. The zero-order valence-electron chi connectivity index (χ0n) is 7.45. The van der Waals surface area contributed by atoms with Crippen LogP contribution in [0.2, 0.25) is 5.02 Å². The van der Waals surface area contributed by atoms with Gasteiger partial charge in [-0.2, -0.15) is 8.78 Å². The second kappa shape index (κ2) is 3.65. The van der Waals surface area contributed by atoms with E-state index >= 15 is 0 Å². The average Bonchev–Trinajstić information content (AvgIpc) is 2.09. The highest BCUT2D eigenvalue weighted by Crippen LogP contribution is 2.35. The van der Waals surface area contributed by atoms with Crippen molar-refractivity contribution in [3.05, 3.63) is 46.8 Å². The number of benzene rings is 1. The molecule has 0 saturated heterocycles. The van der Waals surface area contributed by atoms with Crippen LogP contribution in [0.4, 0.5) is 13.2 Å². The topological polar surface area (TPSA) is 0 Å². The molecule has 0 spiro atoms. The molecule has 0 bridgehead atoms. The quantitative estimate of drug-likeness (QED) is 0.657. The molecule has 0 amide bonds. The van der Waals surface area contributed by atoms with Crippen molar-refractivity contribution in [3.8, 4) is 0 Å². The molecule has 0 atom stereocenters. The molecule has 0 fully saturated rings. The van der Waals surface area contributed by atoms with Gasteiger partial charge in [-0.05, 0) is 30.7 Å². The zero-order chi connectivity index (χ0) is 10.9. The van der Waals surface area contributed by atoms with Gasteiger partial charge in [0.25, 0.3) is 5.92 Å². The third kappa shape index (κ3) is 1.93. The third-order valence-electron chi connectivity index (χ3n) is 1.82. The molecule has 0 aliphatic carbocycles. The second-order valence-corrected chi connectivity index (χ2v) is 3.39. The van der Waals surface area contributed by atoms with Crippen molar-refractivity contribution in [2.75, 3.05) is 0 Å². The van der Waals surface area contributed by atoms with Gasteiger partial charge in [0.15, 0.2) is 0 Å². The molecule has 1 aromatic carbocycles. The molecule has 0 heterocycles. The van der Waals surface area contributed by atoms with E-state index in [2.05, 4.69) is 6.58 Å². The van der Waals surface area contributed by atoms with Crippen LogP contribution in [0.25, 0.3) is 0 Å². The third-order valence-corrected chi connectivity index (χ3v) is 2.11. The van der Waals surface area contributed by atoms with Gasteiger partial charge in [-0.15, -0.1) is 0 Å². The molecule has 1 aromatic rings. The summed E-state index contributed by atoms with van der Waals surface area (Å²) < 4.78 is 39.3. The highest BCUT2D eigenvalue weighted by molar-refractivity contribution is 6.30. The maximum absolute atomic E-state index is 13.3. The Morgan fingerprint density at radius 2 is 2.00 bits per heavy atom. The standard InChI is InChI=1S/C10H8ClF3/c1-6(2)10(13,14)7-3-4-9(12)8(11)5-7/h3-5H,1H2,2H3. The normalized spacial score (nSPS) is 11.5. The van der Waals surface area contributed by atoms with Gasteiger partial charge in [-0.1, -0.05) is 18.2 Å². The molecule has 0 unspecified atom stereocenters. The Hall–Kier alpha value is -0.960. The van der Waals surface area contributed by atoms with E-state index < -0.39 is 11.7 Å². The van der Waals surface area contributed by atoms with Gasteiger partial charge in [0.05, 0.1) is 5.02 Å². The molecular weight excluding hydrogens is 213 g/mol. The van der Waals surface area contributed by atoms with E-state index in [1.165, 1.54) is 6.92 Å². The maximum Gasteiger partial charge on any atom is 0.294 e. The largest absolute Gasteiger partial charge is 0.294 e. The summed E-state index contributed by atoms with van der Waals surface area (Å²) in [7, 11) is 0. The monoisotopic (exact) mass is 220 g/mol. The molecule has 0 radical (unpaired) electrons. The van der Waals surface area contributed by atoms with Gasteiger partial charge in [0.2, 0.25) is 0 Å². The number of hydrogen-bond acceptors (Lipinski definition) is 0. The molecule has 14 heavy (non-hydrogen) atoms. The van der Waals surface area contributed by atoms with Crippen molar-refractivity contribution < 1.29 is 13.2 Å². The number of rotatable bonds is 2. The Balaban J connectivity index is 3.21. The van der Waals surface area contributed by atoms with Crippen LogP contribution >= 0.6 is 11.6 Å². The summed E-state index contributed by atoms with van der Waals surface area (Å²) in [4.78, 5) is 0. The summed E-state index contributed by atoms with van der Waals surface area (Å²) >= 11 is 5.39. The van der Waals surface area contributed by atoms with Crippen LogP contribution in [0.1, 0.15) is 12.5 Å². The first-order chi connectivity index (χ1) is 6.35. The predicted octanol–water partition coefficient (Wildman–Crippen LogP) is 4.15. The van der Waals surface area contributed by atoms with E-state index in [-0.39, 0.29) is 16.2 Å². The highest BCUT2D eigenvalue weighted by Gasteiger charge is 2.32. The summed E-state index contributed by atoms with van der Waals surface area (Å²) in [5.74, 6) is -3.88. The Morgan fingerprint density at radius 1 is 1.43 bits per heavy atom. The maximum atomic E-state index is 13.3. The lowest BCUT2D eigenvalue weighted by atomic mass is 10.0. The van der Waals surface area contributed by atoms with E-state index in [4.69, 9.17) is 11.6 Å². The van der Waals surface area contributed by atoms with Gasteiger partial charge < -0.3 is 0 Å².